The highest BCUT2D eigenvalue weighted by Crippen LogP contribution is 2.42. The predicted octanol–water partition coefficient (Wildman–Crippen LogP) is 6.29. The second-order valence-corrected chi connectivity index (χ2v) is 13.9. The Hall–Kier alpha value is -3.57. The average Bonchev–Trinajstić information content (AvgIpc) is 3.40. The minimum absolute atomic E-state index is 0.0159. The zero-order chi connectivity index (χ0) is 34.0. The van der Waals surface area contributed by atoms with Gasteiger partial charge >= 0.3 is 6.09 Å². The van der Waals surface area contributed by atoms with E-state index in [1.54, 1.807) is 32.0 Å². The van der Waals surface area contributed by atoms with E-state index < -0.39 is 54.0 Å². The summed E-state index contributed by atoms with van der Waals surface area (Å²) in [5, 5.41) is 2.62. The molecule has 10 nitrogen and oxygen atoms in total. The summed E-state index contributed by atoms with van der Waals surface area (Å²) >= 11 is 0. The first-order valence-corrected chi connectivity index (χ1v) is 17.0. The molecule has 3 heterocycles. The Balaban J connectivity index is 1.55. The number of nitrogens with one attached hydrogen (secondary N) is 1. The summed E-state index contributed by atoms with van der Waals surface area (Å²) in [6, 6.07) is 3.98. The van der Waals surface area contributed by atoms with Crippen molar-refractivity contribution in [3.05, 3.63) is 23.9 Å². The van der Waals surface area contributed by atoms with Crippen molar-refractivity contribution in [3.63, 3.8) is 0 Å². The molecule has 47 heavy (non-hydrogen) atoms. The van der Waals surface area contributed by atoms with Gasteiger partial charge in [0.25, 0.3) is 5.92 Å². The lowest BCUT2D eigenvalue weighted by Crippen LogP contribution is -2.49. The van der Waals surface area contributed by atoms with E-state index in [-0.39, 0.29) is 48.7 Å². The van der Waals surface area contributed by atoms with Gasteiger partial charge in [0.2, 0.25) is 11.8 Å². The highest BCUT2D eigenvalue weighted by atomic mass is 19.3. The molecule has 1 aliphatic carbocycles. The molecule has 1 aromatic heterocycles. The average molecular weight is 659 g/mol. The monoisotopic (exact) mass is 658 g/mol. The van der Waals surface area contributed by atoms with Crippen LogP contribution in [-0.4, -0.2) is 71.1 Å². The third-order valence-corrected chi connectivity index (χ3v) is 10.4. The number of alkyl carbamates (subject to hydrolysis) is 1. The molecule has 7 atom stereocenters. The largest absolute Gasteiger partial charge is 0.497 e. The first-order valence-electron chi connectivity index (χ1n) is 17.0. The molecule has 1 aromatic carbocycles. The van der Waals surface area contributed by atoms with Gasteiger partial charge in [0.1, 0.15) is 24.5 Å². The molecule has 2 fully saturated rings. The Labute approximate surface area is 275 Å². The zero-order valence-electron chi connectivity index (χ0n) is 28.3. The van der Waals surface area contributed by atoms with Crippen LogP contribution in [0.3, 0.4) is 0 Å². The van der Waals surface area contributed by atoms with E-state index in [9.17, 15) is 14.4 Å². The topological polar surface area (TPSA) is 120 Å². The molecule has 7 unspecified atom stereocenters. The number of hydrogen-bond donors (Lipinski definition) is 1. The summed E-state index contributed by atoms with van der Waals surface area (Å²) in [6.07, 6.45) is 0.933. The number of methoxy groups -OCH3 is 1. The summed E-state index contributed by atoms with van der Waals surface area (Å²) < 4.78 is 49.9. The number of ether oxygens (including phenoxy) is 3. The molecule has 258 valence electrons. The van der Waals surface area contributed by atoms with Gasteiger partial charge in [-0.2, -0.15) is 8.78 Å². The Kier molecular flexibility index (Phi) is 10.6. The molecule has 2 aromatic rings. The van der Waals surface area contributed by atoms with Gasteiger partial charge in [0, 0.05) is 24.3 Å². The van der Waals surface area contributed by atoms with Gasteiger partial charge in [-0.1, -0.05) is 41.0 Å². The van der Waals surface area contributed by atoms with Gasteiger partial charge in [-0.05, 0) is 62.0 Å². The first kappa shape index (κ1) is 34.8. The quantitative estimate of drug-likeness (QED) is 0.407. The number of alkyl halides is 2. The minimum Gasteiger partial charge on any atom is -0.497 e. The van der Waals surface area contributed by atoms with Gasteiger partial charge < -0.3 is 24.4 Å². The maximum absolute atomic E-state index is 16.2. The number of fused-ring (bicyclic) bond motifs is 5. The highest BCUT2D eigenvalue weighted by Gasteiger charge is 2.49. The SMILES string of the molecule is CCC1C2CN(C(=O)CNC(=O)OC3CC(C)C(C)CC3CCCCC(F)(F)c3nc4ccc(OC)cc4nc3O2)C1C(=O)C(C)C. The van der Waals surface area contributed by atoms with E-state index in [2.05, 4.69) is 29.1 Å². The van der Waals surface area contributed by atoms with Crippen molar-refractivity contribution in [2.45, 2.75) is 104 Å². The second-order valence-electron chi connectivity index (χ2n) is 13.9. The van der Waals surface area contributed by atoms with Crippen LogP contribution >= 0.6 is 0 Å². The highest BCUT2D eigenvalue weighted by molar-refractivity contribution is 5.92. The number of ketones is 1. The van der Waals surface area contributed by atoms with Crippen molar-refractivity contribution in [1.29, 1.82) is 0 Å². The number of carbonyl (C=O) groups is 3. The maximum atomic E-state index is 16.2. The molecule has 1 saturated heterocycles. The standard InChI is InChI=1S/C35H48F2N4O6/c1-7-24-28-18-41(30(24)31(43)19(2)3)29(42)17-38-34(44)47-27-15-21(5)20(4)14-22(27)10-8-9-13-35(36,37)32-33(46-28)40-26-16-23(45-6)11-12-25(26)39-32/h11-12,16,19-22,24,27-28,30H,7-10,13-15,17-18H2,1-6H3,(H,38,44). The van der Waals surface area contributed by atoms with Crippen LogP contribution in [0, 0.1) is 29.6 Å². The van der Waals surface area contributed by atoms with Crippen molar-refractivity contribution in [3.8, 4) is 11.6 Å². The number of hydrogen-bond acceptors (Lipinski definition) is 8. The maximum Gasteiger partial charge on any atom is 0.407 e. The van der Waals surface area contributed by atoms with Crippen molar-refractivity contribution in [2.24, 2.45) is 29.6 Å². The first-order chi connectivity index (χ1) is 22.3. The lowest BCUT2D eigenvalue weighted by Gasteiger charge is -2.38. The summed E-state index contributed by atoms with van der Waals surface area (Å²) in [5.41, 5.74) is 0.0413. The van der Waals surface area contributed by atoms with Gasteiger partial charge in [-0.15, -0.1) is 0 Å². The molecule has 12 heteroatoms. The van der Waals surface area contributed by atoms with Crippen LogP contribution in [0.4, 0.5) is 13.6 Å². The fourth-order valence-electron chi connectivity index (χ4n) is 7.46. The third-order valence-electron chi connectivity index (χ3n) is 10.4. The Morgan fingerprint density at radius 1 is 1.09 bits per heavy atom. The summed E-state index contributed by atoms with van der Waals surface area (Å²) in [6.45, 7) is 9.26. The van der Waals surface area contributed by atoms with Crippen molar-refractivity contribution < 1.29 is 37.4 Å². The molecule has 5 rings (SSSR count). The van der Waals surface area contributed by atoms with Crippen LogP contribution < -0.4 is 14.8 Å². The van der Waals surface area contributed by atoms with Gasteiger partial charge in [-0.25, -0.2) is 14.8 Å². The predicted molar refractivity (Wildman–Crippen MR) is 171 cm³/mol. The van der Waals surface area contributed by atoms with Crippen LogP contribution in [0.2, 0.25) is 0 Å². The van der Waals surface area contributed by atoms with Crippen LogP contribution in [0.1, 0.15) is 85.3 Å². The molecule has 2 bridgehead atoms. The molecule has 2 amide bonds. The Morgan fingerprint density at radius 2 is 1.83 bits per heavy atom. The normalized spacial score (nSPS) is 30.3. The molecular formula is C35H48F2N4O6. The summed E-state index contributed by atoms with van der Waals surface area (Å²) in [4.78, 5) is 50.5. The smallest absolute Gasteiger partial charge is 0.407 e. The number of aromatic nitrogens is 2. The number of carbonyl (C=O) groups excluding carboxylic acids is 3. The van der Waals surface area contributed by atoms with Gasteiger partial charge in [0.15, 0.2) is 11.5 Å². The molecule has 0 radical (unpaired) electrons. The van der Waals surface area contributed by atoms with Crippen molar-refractivity contribution >= 4 is 28.8 Å². The molecular weight excluding hydrogens is 610 g/mol. The van der Waals surface area contributed by atoms with Gasteiger partial charge in [0.05, 0.1) is 30.7 Å². The van der Waals surface area contributed by atoms with Crippen molar-refractivity contribution in [2.75, 3.05) is 20.2 Å². The van der Waals surface area contributed by atoms with E-state index in [1.807, 2.05) is 6.92 Å². The lowest BCUT2D eigenvalue weighted by atomic mass is 9.72. The zero-order valence-corrected chi connectivity index (χ0v) is 28.3. The summed E-state index contributed by atoms with van der Waals surface area (Å²) in [7, 11) is 1.50. The van der Waals surface area contributed by atoms with Crippen LogP contribution in [-0.2, 0) is 20.2 Å². The van der Waals surface area contributed by atoms with E-state index in [4.69, 9.17) is 14.2 Å². The Morgan fingerprint density at radius 3 is 2.53 bits per heavy atom. The summed E-state index contributed by atoms with van der Waals surface area (Å²) in [5.74, 6) is -4.00. The second kappa shape index (κ2) is 14.3. The minimum atomic E-state index is -3.37. The van der Waals surface area contributed by atoms with E-state index in [0.29, 0.717) is 48.8 Å². The van der Waals surface area contributed by atoms with E-state index in [1.165, 1.54) is 12.0 Å². The molecule has 0 spiro atoms. The van der Waals surface area contributed by atoms with Crippen molar-refractivity contribution in [1.82, 2.24) is 20.2 Å². The van der Waals surface area contributed by atoms with Crippen LogP contribution in [0.25, 0.3) is 11.0 Å². The number of rotatable bonds is 4. The molecule has 2 aliphatic heterocycles. The third kappa shape index (κ3) is 7.46. The number of halogens is 2. The molecule has 1 saturated carbocycles. The number of amides is 2. The Bertz CT molecular complexity index is 1470. The lowest BCUT2D eigenvalue weighted by molar-refractivity contribution is -0.139. The fraction of sp³-hybridized carbons (Fsp3) is 0.686. The number of nitrogens with zero attached hydrogens (tertiary/aromatic N) is 3. The number of benzene rings is 1. The van der Waals surface area contributed by atoms with E-state index in [0.717, 1.165) is 6.42 Å². The van der Waals surface area contributed by atoms with Crippen LogP contribution in [0.15, 0.2) is 18.2 Å². The molecule has 3 aliphatic rings. The number of Topliss-reactive ketones (excluding diaryl/α,β-unsaturated/α-hetero) is 1. The molecule has 1 N–H and O–H groups in total. The van der Waals surface area contributed by atoms with Gasteiger partial charge in [-0.3, -0.25) is 9.59 Å². The van der Waals surface area contributed by atoms with E-state index >= 15 is 8.78 Å². The van der Waals surface area contributed by atoms with Crippen LogP contribution in [0.5, 0.6) is 11.6 Å². The fourth-order valence-corrected chi connectivity index (χ4v) is 7.46.